The van der Waals surface area contributed by atoms with Gasteiger partial charge in [-0.2, -0.15) is 0 Å². The molecule has 1 aromatic heterocycles. The minimum absolute atomic E-state index is 0.556. The van der Waals surface area contributed by atoms with Crippen molar-refractivity contribution in [1.29, 1.82) is 0 Å². The number of benzene rings is 1. The number of aryl methyl sites for hydroxylation is 1. The zero-order valence-corrected chi connectivity index (χ0v) is 10.4. The van der Waals surface area contributed by atoms with E-state index < -0.39 is 0 Å². The summed E-state index contributed by atoms with van der Waals surface area (Å²) >= 11 is 2.28. The third kappa shape index (κ3) is 2.68. The minimum atomic E-state index is 0.556. The average molecular weight is 315 g/mol. The van der Waals surface area contributed by atoms with E-state index in [0.29, 0.717) is 18.3 Å². The van der Waals surface area contributed by atoms with Gasteiger partial charge in [-0.15, -0.1) is 10.2 Å². The lowest BCUT2D eigenvalue weighted by atomic mass is 10.3. The van der Waals surface area contributed by atoms with Crippen molar-refractivity contribution >= 4 is 28.3 Å². The van der Waals surface area contributed by atoms with Crippen LogP contribution in [0.5, 0.6) is 0 Å². The predicted molar refractivity (Wildman–Crippen MR) is 65.5 cm³/mol. The molecule has 2 rings (SSSR count). The van der Waals surface area contributed by atoms with E-state index in [-0.39, 0.29) is 0 Å². The molecule has 4 nitrogen and oxygen atoms in total. The first-order valence-corrected chi connectivity index (χ1v) is 5.61. The lowest BCUT2D eigenvalue weighted by Gasteiger charge is -2.04. The highest BCUT2D eigenvalue weighted by atomic mass is 127. The molecule has 0 saturated heterocycles. The van der Waals surface area contributed by atoms with Gasteiger partial charge in [0.25, 0.3) is 0 Å². The van der Waals surface area contributed by atoms with Crippen LogP contribution in [0.3, 0.4) is 0 Å². The normalized spacial score (nSPS) is 10.3. The molecular weight excluding hydrogens is 305 g/mol. The van der Waals surface area contributed by atoms with Gasteiger partial charge in [-0.25, -0.2) is 0 Å². The summed E-state index contributed by atoms with van der Waals surface area (Å²) in [5.41, 5.74) is 1.08. The molecule has 1 heterocycles. The molecule has 0 radical (unpaired) electrons. The Kier molecular flexibility index (Phi) is 3.20. The Morgan fingerprint density at radius 2 is 2.13 bits per heavy atom. The number of rotatable bonds is 3. The zero-order valence-electron chi connectivity index (χ0n) is 8.20. The van der Waals surface area contributed by atoms with Crippen LogP contribution in [0.15, 0.2) is 28.7 Å². The van der Waals surface area contributed by atoms with Gasteiger partial charge in [0.2, 0.25) is 11.8 Å². The molecule has 0 aliphatic carbocycles. The maximum atomic E-state index is 5.26. The minimum Gasteiger partial charge on any atom is -0.424 e. The van der Waals surface area contributed by atoms with Crippen LogP contribution >= 0.6 is 22.6 Å². The van der Waals surface area contributed by atoms with Gasteiger partial charge in [0.05, 0.1) is 6.54 Å². The fraction of sp³-hybridized carbons (Fsp3) is 0.200. The van der Waals surface area contributed by atoms with Crippen molar-refractivity contribution in [3.63, 3.8) is 0 Å². The highest BCUT2D eigenvalue weighted by Gasteiger charge is 2.02. The van der Waals surface area contributed by atoms with E-state index in [0.717, 1.165) is 5.69 Å². The molecule has 2 aromatic rings. The van der Waals surface area contributed by atoms with Gasteiger partial charge >= 0.3 is 0 Å². The van der Waals surface area contributed by atoms with Crippen LogP contribution in [0.1, 0.15) is 11.8 Å². The zero-order chi connectivity index (χ0) is 10.7. The molecule has 15 heavy (non-hydrogen) atoms. The SMILES string of the molecule is Cc1nnc(CNc2ccccc2I)o1. The summed E-state index contributed by atoms with van der Waals surface area (Å²) in [5, 5.41) is 10.9. The van der Waals surface area contributed by atoms with Gasteiger partial charge in [0.15, 0.2) is 0 Å². The lowest BCUT2D eigenvalue weighted by Crippen LogP contribution is -2.00. The first kappa shape index (κ1) is 10.4. The standard InChI is InChI=1S/C10H10IN3O/c1-7-13-14-10(15-7)6-12-9-5-3-2-4-8(9)11/h2-5,12H,6H2,1H3. The maximum Gasteiger partial charge on any atom is 0.235 e. The van der Waals surface area contributed by atoms with Crippen LogP contribution in [-0.4, -0.2) is 10.2 Å². The van der Waals surface area contributed by atoms with E-state index in [1.165, 1.54) is 3.57 Å². The Bertz CT molecular complexity index is 455. The van der Waals surface area contributed by atoms with Crippen molar-refractivity contribution in [3.8, 4) is 0 Å². The summed E-state index contributed by atoms with van der Waals surface area (Å²) in [6.45, 7) is 2.34. The molecular formula is C10H10IN3O. The third-order valence-corrected chi connectivity index (χ3v) is 2.81. The lowest BCUT2D eigenvalue weighted by molar-refractivity contribution is 0.475. The molecule has 1 N–H and O–H groups in total. The van der Waals surface area contributed by atoms with Crippen LogP contribution in [0.4, 0.5) is 5.69 Å². The monoisotopic (exact) mass is 315 g/mol. The van der Waals surface area contributed by atoms with Crippen molar-refractivity contribution in [2.75, 3.05) is 5.32 Å². The first-order chi connectivity index (χ1) is 7.25. The predicted octanol–water partition coefficient (Wildman–Crippen LogP) is 2.59. The molecule has 0 bridgehead atoms. The topological polar surface area (TPSA) is 51.0 Å². The van der Waals surface area contributed by atoms with Gasteiger partial charge in [-0.3, -0.25) is 0 Å². The van der Waals surface area contributed by atoms with E-state index in [9.17, 15) is 0 Å². The van der Waals surface area contributed by atoms with Crippen molar-refractivity contribution in [3.05, 3.63) is 39.6 Å². The summed E-state index contributed by atoms with van der Waals surface area (Å²) in [6, 6.07) is 8.06. The Morgan fingerprint density at radius 3 is 2.80 bits per heavy atom. The largest absolute Gasteiger partial charge is 0.424 e. The van der Waals surface area contributed by atoms with E-state index >= 15 is 0 Å². The summed E-state index contributed by atoms with van der Waals surface area (Å²) in [7, 11) is 0. The molecule has 1 aromatic carbocycles. The van der Waals surface area contributed by atoms with Gasteiger partial charge in [0.1, 0.15) is 0 Å². The van der Waals surface area contributed by atoms with Crippen molar-refractivity contribution in [2.24, 2.45) is 0 Å². The molecule has 0 unspecified atom stereocenters. The summed E-state index contributed by atoms with van der Waals surface area (Å²) in [6.07, 6.45) is 0. The second-order valence-corrected chi connectivity index (χ2v) is 4.21. The number of hydrogen-bond acceptors (Lipinski definition) is 4. The third-order valence-electron chi connectivity index (χ3n) is 1.87. The molecule has 0 atom stereocenters. The van der Waals surface area contributed by atoms with Gasteiger partial charge in [-0.1, -0.05) is 12.1 Å². The van der Waals surface area contributed by atoms with Gasteiger partial charge in [0, 0.05) is 16.2 Å². The van der Waals surface area contributed by atoms with Gasteiger partial charge in [-0.05, 0) is 34.7 Å². The maximum absolute atomic E-state index is 5.26. The van der Waals surface area contributed by atoms with Crippen molar-refractivity contribution < 1.29 is 4.42 Å². The van der Waals surface area contributed by atoms with Crippen molar-refractivity contribution in [2.45, 2.75) is 13.5 Å². The fourth-order valence-electron chi connectivity index (χ4n) is 1.18. The second-order valence-electron chi connectivity index (χ2n) is 3.05. The smallest absolute Gasteiger partial charge is 0.235 e. The summed E-state index contributed by atoms with van der Waals surface area (Å²) in [5.74, 6) is 1.20. The molecule has 0 aliphatic heterocycles. The molecule has 0 spiro atoms. The van der Waals surface area contributed by atoms with Crippen LogP contribution in [-0.2, 0) is 6.54 Å². The number of hydrogen-bond donors (Lipinski definition) is 1. The second kappa shape index (κ2) is 4.61. The number of anilines is 1. The number of para-hydroxylation sites is 1. The average Bonchev–Trinajstić information content (AvgIpc) is 2.63. The highest BCUT2D eigenvalue weighted by molar-refractivity contribution is 14.1. The number of halogens is 1. The Labute approximate surface area is 101 Å². The van der Waals surface area contributed by atoms with E-state index in [4.69, 9.17) is 4.42 Å². The van der Waals surface area contributed by atoms with Crippen LogP contribution < -0.4 is 5.32 Å². The fourth-order valence-corrected chi connectivity index (χ4v) is 1.76. The number of nitrogens with zero attached hydrogens (tertiary/aromatic N) is 2. The molecule has 78 valence electrons. The molecule has 0 fully saturated rings. The summed E-state index contributed by atoms with van der Waals surface area (Å²) < 4.78 is 6.43. The summed E-state index contributed by atoms with van der Waals surface area (Å²) in [4.78, 5) is 0. The van der Waals surface area contributed by atoms with Crippen LogP contribution in [0.25, 0.3) is 0 Å². The van der Waals surface area contributed by atoms with E-state index in [2.05, 4.69) is 38.1 Å². The molecule has 0 amide bonds. The molecule has 0 aliphatic rings. The van der Waals surface area contributed by atoms with E-state index in [1.807, 2.05) is 24.3 Å². The highest BCUT2D eigenvalue weighted by Crippen LogP contribution is 2.17. The quantitative estimate of drug-likeness (QED) is 0.885. The Hall–Kier alpha value is -1.11. The molecule has 0 saturated carbocycles. The van der Waals surface area contributed by atoms with Crippen molar-refractivity contribution in [1.82, 2.24) is 10.2 Å². The van der Waals surface area contributed by atoms with Gasteiger partial charge < -0.3 is 9.73 Å². The molecule has 5 heteroatoms. The Morgan fingerprint density at radius 1 is 1.33 bits per heavy atom. The number of aromatic nitrogens is 2. The van der Waals surface area contributed by atoms with Crippen LogP contribution in [0, 0.1) is 10.5 Å². The Balaban J connectivity index is 2.02. The number of nitrogens with one attached hydrogen (secondary N) is 1. The van der Waals surface area contributed by atoms with Crippen LogP contribution in [0.2, 0.25) is 0 Å². The van der Waals surface area contributed by atoms with E-state index in [1.54, 1.807) is 6.92 Å². The first-order valence-electron chi connectivity index (χ1n) is 4.53.